The van der Waals surface area contributed by atoms with Crippen LogP contribution in [0, 0.1) is 0 Å². The molecule has 0 aromatic carbocycles. The zero-order valence-electron chi connectivity index (χ0n) is 4.71. The Morgan fingerprint density at radius 2 is 0.875 bits per heavy atom. The molecule has 0 aromatic heterocycles. The smallest absolute Gasteiger partial charge is 0.894 e. The molecule has 0 aromatic rings. The van der Waals surface area contributed by atoms with Crippen molar-refractivity contribution < 1.29 is 100 Å². The minimum Gasteiger partial charge on any atom is -0.894 e. The van der Waals surface area contributed by atoms with Gasteiger partial charge in [-0.15, -0.1) is 0 Å². The molecule has 8 heteroatoms. The first-order chi connectivity index (χ1) is 2.00. The Hall–Kier alpha value is 3.23. The summed E-state index contributed by atoms with van der Waals surface area (Å²) in [4.78, 5) is 34.3. The van der Waals surface area contributed by atoms with Crippen LogP contribution in [0.4, 0.5) is 0 Å². The zero-order chi connectivity index (χ0) is 4.50. The fourth-order valence-corrected chi connectivity index (χ4v) is 0. The molecule has 4 nitrogen and oxygen atoms in total. The molecule has 32 valence electrons. The predicted octanol–water partition coefficient (Wildman–Crippen LogP) is -11.5. The molecule has 0 aliphatic rings. The van der Waals surface area contributed by atoms with Gasteiger partial charge in [-0.1, -0.05) is 0 Å². The molecule has 0 spiro atoms. The summed E-state index contributed by atoms with van der Waals surface area (Å²) >= 11 is 0. The second kappa shape index (κ2) is 10.2. The Bertz CT molecular complexity index is 31.5. The molecular formula is AlKNaO4Si+. The van der Waals surface area contributed by atoms with Gasteiger partial charge in [-0.3, -0.25) is 0 Å². The van der Waals surface area contributed by atoms with Crippen molar-refractivity contribution in [1.29, 1.82) is 0 Å². The SMILES string of the molecule is [Al+3].[K+].[Na+].[O-][Si]([O-])([O-])[O-]. The number of hydrogen-bond donors (Lipinski definition) is 0. The molecule has 8 heavy (non-hydrogen) atoms. The third-order valence-corrected chi connectivity index (χ3v) is 0. The molecule has 0 heterocycles. The van der Waals surface area contributed by atoms with Crippen molar-refractivity contribution in [3.05, 3.63) is 0 Å². The quantitative estimate of drug-likeness (QED) is 0.347. The van der Waals surface area contributed by atoms with Crippen LogP contribution in [0.1, 0.15) is 0 Å². The summed E-state index contributed by atoms with van der Waals surface area (Å²) in [6.07, 6.45) is 0. The van der Waals surface area contributed by atoms with Crippen LogP contribution >= 0.6 is 0 Å². The van der Waals surface area contributed by atoms with E-state index in [0.717, 1.165) is 0 Å². The van der Waals surface area contributed by atoms with E-state index < -0.39 is 9.05 Å². The fourth-order valence-electron chi connectivity index (χ4n) is 0. The van der Waals surface area contributed by atoms with Gasteiger partial charge in [-0.05, 0) is 0 Å². The van der Waals surface area contributed by atoms with Gasteiger partial charge < -0.3 is 28.2 Å². The van der Waals surface area contributed by atoms with Crippen molar-refractivity contribution in [3.63, 3.8) is 0 Å². The van der Waals surface area contributed by atoms with Crippen LogP contribution in [0.15, 0.2) is 0 Å². The van der Waals surface area contributed by atoms with Crippen LogP contribution in [0.5, 0.6) is 0 Å². The summed E-state index contributed by atoms with van der Waals surface area (Å²) in [6.45, 7) is 0. The molecule has 0 saturated heterocycles. The van der Waals surface area contributed by atoms with E-state index in [1.165, 1.54) is 0 Å². The average molecular weight is 181 g/mol. The number of hydrogen-bond acceptors (Lipinski definition) is 4. The van der Waals surface area contributed by atoms with Crippen molar-refractivity contribution in [2.24, 2.45) is 0 Å². The van der Waals surface area contributed by atoms with E-state index >= 15 is 0 Å². The Morgan fingerprint density at radius 3 is 0.875 bits per heavy atom. The van der Waals surface area contributed by atoms with Crippen molar-refractivity contribution >= 4 is 26.4 Å². The molecule has 0 aliphatic heterocycles. The van der Waals surface area contributed by atoms with Gasteiger partial charge in [-0.2, -0.15) is 0 Å². The Kier molecular flexibility index (Phi) is 28.7. The van der Waals surface area contributed by atoms with E-state index in [4.69, 9.17) is 19.2 Å². The van der Waals surface area contributed by atoms with Gasteiger partial charge in [0.2, 0.25) is 0 Å². The summed E-state index contributed by atoms with van der Waals surface area (Å²) < 4.78 is 0. The van der Waals surface area contributed by atoms with E-state index in [9.17, 15) is 0 Å². The molecule has 0 amide bonds. The van der Waals surface area contributed by atoms with Gasteiger partial charge >= 0.3 is 98.3 Å². The molecule has 0 fully saturated rings. The van der Waals surface area contributed by atoms with Crippen molar-refractivity contribution in [2.75, 3.05) is 0 Å². The minimum atomic E-state index is -5.61. The van der Waals surface area contributed by atoms with Gasteiger partial charge in [-0.25, -0.2) is 0 Å². The van der Waals surface area contributed by atoms with Crippen molar-refractivity contribution in [2.45, 2.75) is 0 Å². The van der Waals surface area contributed by atoms with E-state index in [1.54, 1.807) is 0 Å². The maximum atomic E-state index is 8.58. The molecule has 0 unspecified atom stereocenters. The first-order valence-electron chi connectivity index (χ1n) is 0.816. The molecule has 0 bridgehead atoms. The van der Waals surface area contributed by atoms with Crippen molar-refractivity contribution in [1.82, 2.24) is 0 Å². The maximum absolute atomic E-state index is 8.58. The van der Waals surface area contributed by atoms with Gasteiger partial charge in [0, 0.05) is 0 Å². The second-order valence-electron chi connectivity index (χ2n) is 0.500. The van der Waals surface area contributed by atoms with E-state index in [2.05, 4.69) is 0 Å². The zero-order valence-corrected chi connectivity index (χ0v) is 12.0. The van der Waals surface area contributed by atoms with Crippen LogP contribution in [-0.4, -0.2) is 26.4 Å². The normalized spacial score (nSPS) is 7.50. The van der Waals surface area contributed by atoms with E-state index in [0.29, 0.717) is 0 Å². The summed E-state index contributed by atoms with van der Waals surface area (Å²) in [5.41, 5.74) is 0. The summed E-state index contributed by atoms with van der Waals surface area (Å²) in [5, 5.41) is 0. The average Bonchev–Trinajstić information content (AvgIpc) is 0.722. The van der Waals surface area contributed by atoms with Crippen molar-refractivity contribution in [3.8, 4) is 0 Å². The third-order valence-electron chi connectivity index (χ3n) is 0. The third kappa shape index (κ3) is 60.0. The molecule has 0 rings (SSSR count). The van der Waals surface area contributed by atoms with E-state index in [1.807, 2.05) is 0 Å². The molecule has 0 N–H and O–H groups in total. The topological polar surface area (TPSA) is 92.2 Å². The van der Waals surface area contributed by atoms with Crippen LogP contribution in [0.3, 0.4) is 0 Å². The summed E-state index contributed by atoms with van der Waals surface area (Å²) in [7, 11) is -5.61. The van der Waals surface area contributed by atoms with Gasteiger partial charge in [0.25, 0.3) is 0 Å². The summed E-state index contributed by atoms with van der Waals surface area (Å²) in [5.74, 6) is 0. The Morgan fingerprint density at radius 1 is 0.875 bits per heavy atom. The largest absolute Gasteiger partial charge is 3.00 e. The number of rotatable bonds is 0. The Labute approximate surface area is 124 Å². The maximum Gasteiger partial charge on any atom is 3.00 e. The van der Waals surface area contributed by atoms with Crippen LogP contribution in [0.2, 0.25) is 0 Å². The fraction of sp³-hybridized carbons (Fsp3) is 0. The standard InChI is InChI=1S/Al.K.Na.O4Si/c;;;1-5(2,3)4/q+3;2*+1;-4. The molecule has 0 radical (unpaired) electrons. The molecule has 0 aliphatic carbocycles. The first-order valence-corrected chi connectivity index (χ1v) is 2.45. The molecule has 0 atom stereocenters. The monoisotopic (exact) mass is 181 g/mol. The van der Waals surface area contributed by atoms with Crippen LogP contribution in [-0.2, 0) is 0 Å². The van der Waals surface area contributed by atoms with Crippen LogP contribution < -0.4 is 100 Å². The summed E-state index contributed by atoms with van der Waals surface area (Å²) in [6, 6.07) is 0. The van der Waals surface area contributed by atoms with Gasteiger partial charge in [0.1, 0.15) is 0 Å². The molecule has 0 saturated carbocycles. The second-order valence-corrected chi connectivity index (χ2v) is 1.50. The minimum absolute atomic E-state index is 0. The van der Waals surface area contributed by atoms with Crippen LogP contribution in [0.25, 0.3) is 0 Å². The Balaban J connectivity index is -0.0000000267. The van der Waals surface area contributed by atoms with E-state index in [-0.39, 0.29) is 98.3 Å². The molecular weight excluding hydrogens is 181 g/mol. The van der Waals surface area contributed by atoms with Gasteiger partial charge in [0.15, 0.2) is 0 Å². The van der Waals surface area contributed by atoms with Gasteiger partial charge in [0.05, 0.1) is 0 Å². The predicted molar refractivity (Wildman–Crippen MR) is 11.5 cm³/mol. The first kappa shape index (κ1) is 22.5.